The highest BCUT2D eigenvalue weighted by molar-refractivity contribution is 5.57. The predicted octanol–water partition coefficient (Wildman–Crippen LogP) is 3.79. The fraction of sp³-hybridized carbons (Fsp3) is 0.333. The normalized spacial score (nSPS) is 10.4. The number of nitrogens with two attached hydrogens (primary N) is 2. The van der Waals surface area contributed by atoms with Crippen molar-refractivity contribution in [2.75, 3.05) is 24.7 Å². The second kappa shape index (κ2) is 8.17. The summed E-state index contributed by atoms with van der Waals surface area (Å²) in [7, 11) is 0. The van der Waals surface area contributed by atoms with Crippen LogP contribution in [0.3, 0.4) is 0 Å². The summed E-state index contributed by atoms with van der Waals surface area (Å²) in [6, 6.07) is 13.4. The first-order valence-electron chi connectivity index (χ1n) is 7.63. The lowest BCUT2D eigenvalue weighted by Crippen LogP contribution is -2.03. The topological polar surface area (TPSA) is 70.5 Å². The van der Waals surface area contributed by atoms with Crippen LogP contribution in [0.15, 0.2) is 42.5 Å². The molecule has 22 heavy (non-hydrogen) atoms. The van der Waals surface area contributed by atoms with E-state index in [1.165, 1.54) is 0 Å². The molecular formula is C18H24N2O2. The molecule has 0 amide bonds. The molecule has 0 saturated carbocycles. The average molecular weight is 300 g/mol. The van der Waals surface area contributed by atoms with E-state index in [0.717, 1.165) is 42.0 Å². The Hall–Kier alpha value is -2.36. The Kier molecular flexibility index (Phi) is 5.95. The SMILES string of the molecule is Cc1cccc(OCCCCCOc2ccccc2N)c1N. The molecule has 4 N–H and O–H groups in total. The Morgan fingerprint density at radius 2 is 1.41 bits per heavy atom. The van der Waals surface area contributed by atoms with E-state index in [1.54, 1.807) is 0 Å². The number of para-hydroxylation sites is 3. The molecule has 4 nitrogen and oxygen atoms in total. The zero-order valence-electron chi connectivity index (χ0n) is 13.0. The van der Waals surface area contributed by atoms with Crippen LogP contribution in [0.4, 0.5) is 11.4 Å². The van der Waals surface area contributed by atoms with Crippen LogP contribution in [0, 0.1) is 6.92 Å². The first-order chi connectivity index (χ1) is 10.7. The van der Waals surface area contributed by atoms with E-state index in [9.17, 15) is 0 Å². The zero-order valence-corrected chi connectivity index (χ0v) is 13.0. The van der Waals surface area contributed by atoms with Crippen LogP contribution in [0.25, 0.3) is 0 Å². The van der Waals surface area contributed by atoms with Crippen LogP contribution >= 0.6 is 0 Å². The fourth-order valence-corrected chi connectivity index (χ4v) is 2.14. The standard InChI is InChI=1S/C18H24N2O2/c1-14-8-7-11-17(18(14)20)22-13-6-2-5-12-21-16-10-4-3-9-15(16)19/h3-4,7-11H,2,5-6,12-13,19-20H2,1H3. The summed E-state index contributed by atoms with van der Waals surface area (Å²) < 4.78 is 11.4. The summed E-state index contributed by atoms with van der Waals surface area (Å²) in [6.07, 6.45) is 2.99. The van der Waals surface area contributed by atoms with E-state index in [-0.39, 0.29) is 0 Å². The van der Waals surface area contributed by atoms with Gasteiger partial charge in [-0.25, -0.2) is 0 Å². The van der Waals surface area contributed by atoms with Crippen molar-refractivity contribution < 1.29 is 9.47 Å². The lowest BCUT2D eigenvalue weighted by Gasteiger charge is -2.11. The predicted molar refractivity (Wildman–Crippen MR) is 91.3 cm³/mol. The van der Waals surface area contributed by atoms with Gasteiger partial charge in [-0.3, -0.25) is 0 Å². The quantitative estimate of drug-likeness (QED) is 0.575. The summed E-state index contributed by atoms with van der Waals surface area (Å²) in [4.78, 5) is 0. The highest BCUT2D eigenvalue weighted by Crippen LogP contribution is 2.24. The molecule has 0 aliphatic rings. The molecule has 0 aromatic heterocycles. The number of hydrogen-bond acceptors (Lipinski definition) is 4. The van der Waals surface area contributed by atoms with Gasteiger partial charge >= 0.3 is 0 Å². The molecule has 0 atom stereocenters. The number of benzene rings is 2. The van der Waals surface area contributed by atoms with Gasteiger partial charge in [0, 0.05) is 0 Å². The Morgan fingerprint density at radius 1 is 0.773 bits per heavy atom. The first-order valence-corrected chi connectivity index (χ1v) is 7.63. The molecule has 2 aromatic carbocycles. The highest BCUT2D eigenvalue weighted by atomic mass is 16.5. The van der Waals surface area contributed by atoms with Gasteiger partial charge in [-0.15, -0.1) is 0 Å². The fourth-order valence-electron chi connectivity index (χ4n) is 2.14. The van der Waals surface area contributed by atoms with Gasteiger partial charge < -0.3 is 20.9 Å². The number of hydrogen-bond donors (Lipinski definition) is 2. The molecule has 2 aromatic rings. The Balaban J connectivity index is 1.60. The van der Waals surface area contributed by atoms with E-state index >= 15 is 0 Å². The third-order valence-corrected chi connectivity index (χ3v) is 3.51. The number of anilines is 2. The average Bonchev–Trinajstić information content (AvgIpc) is 2.52. The van der Waals surface area contributed by atoms with Crippen molar-refractivity contribution in [2.24, 2.45) is 0 Å². The van der Waals surface area contributed by atoms with E-state index in [4.69, 9.17) is 20.9 Å². The van der Waals surface area contributed by atoms with Gasteiger partial charge in [-0.2, -0.15) is 0 Å². The minimum absolute atomic E-state index is 0.667. The summed E-state index contributed by atoms with van der Waals surface area (Å²) in [5.41, 5.74) is 14.2. The summed E-state index contributed by atoms with van der Waals surface area (Å²) in [6.45, 7) is 3.32. The molecule has 0 spiro atoms. The molecule has 0 saturated heterocycles. The molecule has 0 bridgehead atoms. The van der Waals surface area contributed by atoms with Gasteiger partial charge in [0.2, 0.25) is 0 Å². The van der Waals surface area contributed by atoms with Crippen LogP contribution in [-0.2, 0) is 0 Å². The van der Waals surface area contributed by atoms with Crippen LogP contribution in [-0.4, -0.2) is 13.2 Å². The van der Waals surface area contributed by atoms with Gasteiger partial charge in [0.05, 0.1) is 24.6 Å². The van der Waals surface area contributed by atoms with E-state index in [2.05, 4.69) is 0 Å². The molecule has 0 radical (unpaired) electrons. The number of unbranched alkanes of at least 4 members (excludes halogenated alkanes) is 2. The molecule has 0 aliphatic heterocycles. The van der Waals surface area contributed by atoms with Crippen molar-refractivity contribution in [3.05, 3.63) is 48.0 Å². The number of rotatable bonds is 8. The Morgan fingerprint density at radius 3 is 2.14 bits per heavy atom. The van der Waals surface area contributed by atoms with Crippen molar-refractivity contribution in [1.29, 1.82) is 0 Å². The minimum Gasteiger partial charge on any atom is -0.491 e. The molecule has 0 heterocycles. The number of nitrogen functional groups attached to an aromatic ring is 2. The van der Waals surface area contributed by atoms with Gasteiger partial charge in [0.15, 0.2) is 0 Å². The third kappa shape index (κ3) is 4.58. The monoisotopic (exact) mass is 300 g/mol. The van der Waals surface area contributed by atoms with Crippen molar-refractivity contribution in [3.63, 3.8) is 0 Å². The maximum absolute atomic E-state index is 5.97. The number of ether oxygens (including phenoxy) is 2. The van der Waals surface area contributed by atoms with Crippen molar-refractivity contribution in [3.8, 4) is 11.5 Å². The van der Waals surface area contributed by atoms with Crippen LogP contribution in [0.2, 0.25) is 0 Å². The van der Waals surface area contributed by atoms with Gasteiger partial charge in [-0.1, -0.05) is 24.3 Å². The summed E-state index contributed by atoms with van der Waals surface area (Å²) in [5, 5.41) is 0. The molecule has 0 fully saturated rings. The second-order valence-electron chi connectivity index (χ2n) is 5.28. The minimum atomic E-state index is 0.667. The molecule has 118 valence electrons. The number of aryl methyl sites for hydroxylation is 1. The smallest absolute Gasteiger partial charge is 0.142 e. The lowest BCUT2D eigenvalue weighted by atomic mass is 10.2. The van der Waals surface area contributed by atoms with E-state index < -0.39 is 0 Å². The summed E-state index contributed by atoms with van der Waals surface area (Å²) >= 11 is 0. The van der Waals surface area contributed by atoms with Crippen LogP contribution < -0.4 is 20.9 Å². The Bertz CT molecular complexity index is 599. The van der Waals surface area contributed by atoms with Crippen LogP contribution in [0.1, 0.15) is 24.8 Å². The largest absolute Gasteiger partial charge is 0.491 e. The zero-order chi connectivity index (χ0) is 15.8. The van der Waals surface area contributed by atoms with Gasteiger partial charge in [0.1, 0.15) is 11.5 Å². The molecular weight excluding hydrogens is 276 g/mol. The summed E-state index contributed by atoms with van der Waals surface area (Å²) in [5.74, 6) is 1.53. The van der Waals surface area contributed by atoms with Gasteiger partial charge in [0.25, 0.3) is 0 Å². The molecule has 2 rings (SSSR count). The Labute approximate surface area is 132 Å². The van der Waals surface area contributed by atoms with Crippen molar-refractivity contribution in [2.45, 2.75) is 26.2 Å². The van der Waals surface area contributed by atoms with Crippen LogP contribution in [0.5, 0.6) is 11.5 Å². The highest BCUT2D eigenvalue weighted by Gasteiger charge is 2.02. The lowest BCUT2D eigenvalue weighted by molar-refractivity contribution is 0.281. The second-order valence-corrected chi connectivity index (χ2v) is 5.28. The van der Waals surface area contributed by atoms with Crippen molar-refractivity contribution in [1.82, 2.24) is 0 Å². The third-order valence-electron chi connectivity index (χ3n) is 3.51. The molecule has 4 heteroatoms. The van der Waals surface area contributed by atoms with E-state index in [0.29, 0.717) is 18.9 Å². The maximum atomic E-state index is 5.97. The molecule has 0 aliphatic carbocycles. The first kappa shape index (κ1) is 16.0. The van der Waals surface area contributed by atoms with Gasteiger partial charge in [-0.05, 0) is 49.9 Å². The maximum Gasteiger partial charge on any atom is 0.142 e. The van der Waals surface area contributed by atoms with Crippen molar-refractivity contribution >= 4 is 11.4 Å². The molecule has 0 unspecified atom stereocenters. The van der Waals surface area contributed by atoms with E-state index in [1.807, 2.05) is 49.4 Å².